The molecule has 0 aliphatic carbocycles. The van der Waals surface area contributed by atoms with Crippen molar-refractivity contribution in [2.24, 2.45) is 0 Å². The van der Waals surface area contributed by atoms with Gasteiger partial charge >= 0.3 is 5.97 Å². The van der Waals surface area contributed by atoms with Crippen LogP contribution in [0.25, 0.3) is 0 Å². The number of benzene rings is 2. The van der Waals surface area contributed by atoms with E-state index in [9.17, 15) is 9.18 Å². The number of hydrogen-bond acceptors (Lipinski definition) is 2. The Balaban J connectivity index is 1.96. The molecule has 0 heterocycles. The molecule has 3 heteroatoms. The second-order valence-electron chi connectivity index (χ2n) is 3.49. The third-order valence-electron chi connectivity index (χ3n) is 2.22. The monoisotopic (exact) mass is 229 g/mol. The molecule has 2 nitrogen and oxygen atoms in total. The van der Waals surface area contributed by atoms with Crippen LogP contribution in [0.15, 0.2) is 48.5 Å². The van der Waals surface area contributed by atoms with Crippen LogP contribution < -0.4 is 0 Å². The van der Waals surface area contributed by atoms with Gasteiger partial charge in [-0.3, -0.25) is 0 Å². The first-order chi connectivity index (χ1) is 8.25. The average Bonchev–Trinajstić information content (AvgIpc) is 2.38. The number of rotatable bonds is 3. The van der Waals surface area contributed by atoms with Crippen LogP contribution >= 0.6 is 0 Å². The summed E-state index contributed by atoms with van der Waals surface area (Å²) in [6, 6.07) is 15.5. The lowest BCUT2D eigenvalue weighted by molar-refractivity contribution is 0.0472. The highest BCUT2D eigenvalue weighted by Gasteiger charge is 2.07. The predicted octanol–water partition coefficient (Wildman–Crippen LogP) is 2.98. The maximum absolute atomic E-state index is 12.6. The molecule has 1 radical (unpaired) electrons. The van der Waals surface area contributed by atoms with E-state index in [1.54, 1.807) is 0 Å². The van der Waals surface area contributed by atoms with Gasteiger partial charge in [-0.05, 0) is 23.8 Å². The summed E-state index contributed by atoms with van der Waals surface area (Å²) in [4.78, 5) is 11.6. The van der Waals surface area contributed by atoms with Gasteiger partial charge in [-0.1, -0.05) is 30.3 Å². The van der Waals surface area contributed by atoms with E-state index in [1.807, 2.05) is 30.3 Å². The first-order valence-corrected chi connectivity index (χ1v) is 5.14. The van der Waals surface area contributed by atoms with Gasteiger partial charge in [0.15, 0.2) is 0 Å². The lowest BCUT2D eigenvalue weighted by atomic mass is 10.2. The summed E-state index contributed by atoms with van der Waals surface area (Å²) in [5.74, 6) is -0.977. The van der Waals surface area contributed by atoms with Crippen LogP contribution in [-0.4, -0.2) is 5.97 Å². The van der Waals surface area contributed by atoms with Gasteiger partial charge in [-0.15, -0.1) is 0 Å². The molecule has 0 saturated heterocycles. The van der Waals surface area contributed by atoms with Gasteiger partial charge in [0.1, 0.15) is 12.4 Å². The van der Waals surface area contributed by atoms with Crippen molar-refractivity contribution >= 4 is 5.97 Å². The second kappa shape index (κ2) is 5.25. The molecule has 0 amide bonds. The van der Waals surface area contributed by atoms with Crippen molar-refractivity contribution in [1.29, 1.82) is 0 Å². The fourth-order valence-electron chi connectivity index (χ4n) is 1.34. The molecule has 0 spiro atoms. The molecule has 0 unspecified atom stereocenters. The minimum Gasteiger partial charge on any atom is -0.457 e. The Kier molecular flexibility index (Phi) is 3.50. The topological polar surface area (TPSA) is 26.3 Å². The molecule has 2 aromatic carbocycles. The first kappa shape index (κ1) is 11.3. The quantitative estimate of drug-likeness (QED) is 0.756. The maximum Gasteiger partial charge on any atom is 0.338 e. The van der Waals surface area contributed by atoms with Gasteiger partial charge in [-0.25, -0.2) is 9.18 Å². The summed E-state index contributed by atoms with van der Waals surface area (Å²) in [5.41, 5.74) is 1.20. The van der Waals surface area contributed by atoms with Crippen LogP contribution in [0.3, 0.4) is 0 Å². The minimum absolute atomic E-state index is 0.205. The molecule has 0 bridgehead atoms. The van der Waals surface area contributed by atoms with Gasteiger partial charge in [0.25, 0.3) is 0 Å². The van der Waals surface area contributed by atoms with E-state index in [4.69, 9.17) is 4.74 Å². The molecule has 0 aromatic heterocycles. The van der Waals surface area contributed by atoms with Crippen molar-refractivity contribution in [3.63, 3.8) is 0 Å². The second-order valence-corrected chi connectivity index (χ2v) is 3.49. The molecule has 85 valence electrons. The van der Waals surface area contributed by atoms with Crippen LogP contribution in [0.1, 0.15) is 15.9 Å². The van der Waals surface area contributed by atoms with E-state index in [0.29, 0.717) is 5.56 Å². The molecule has 0 aliphatic heterocycles. The van der Waals surface area contributed by atoms with E-state index in [0.717, 1.165) is 5.56 Å². The number of esters is 1. The Hall–Kier alpha value is -2.16. The summed E-state index contributed by atoms with van der Waals surface area (Å²) in [6.07, 6.45) is 0. The Labute approximate surface area is 98.7 Å². The van der Waals surface area contributed by atoms with E-state index < -0.39 is 11.8 Å². The van der Waals surface area contributed by atoms with Crippen LogP contribution in [0.2, 0.25) is 0 Å². The largest absolute Gasteiger partial charge is 0.457 e. The highest BCUT2D eigenvalue weighted by Crippen LogP contribution is 2.07. The summed E-state index contributed by atoms with van der Waals surface area (Å²) in [6.45, 7) is 0.205. The third-order valence-corrected chi connectivity index (χ3v) is 2.22. The highest BCUT2D eigenvalue weighted by atomic mass is 19.1. The van der Waals surface area contributed by atoms with E-state index in [2.05, 4.69) is 6.07 Å². The van der Waals surface area contributed by atoms with Crippen LogP contribution in [0, 0.1) is 11.9 Å². The van der Waals surface area contributed by atoms with E-state index >= 15 is 0 Å². The number of halogens is 1. The van der Waals surface area contributed by atoms with Gasteiger partial charge in [0.05, 0.1) is 5.56 Å². The number of hydrogen-bond donors (Lipinski definition) is 0. The summed E-state index contributed by atoms with van der Waals surface area (Å²) in [7, 11) is 0. The van der Waals surface area contributed by atoms with Crippen LogP contribution in [0.5, 0.6) is 0 Å². The molecule has 2 aromatic rings. The van der Waals surface area contributed by atoms with Crippen LogP contribution in [0.4, 0.5) is 4.39 Å². The zero-order chi connectivity index (χ0) is 12.1. The molecule has 17 heavy (non-hydrogen) atoms. The first-order valence-electron chi connectivity index (χ1n) is 5.14. The minimum atomic E-state index is -0.496. The van der Waals surface area contributed by atoms with Crippen molar-refractivity contribution in [1.82, 2.24) is 0 Å². The lowest BCUT2D eigenvalue weighted by Gasteiger charge is -2.04. The normalized spacial score (nSPS) is 9.94. The molecule has 0 saturated carbocycles. The number of ether oxygens (including phenoxy) is 1. The number of carbonyl (C=O) groups excluding carboxylic acids is 1. The summed E-state index contributed by atoms with van der Waals surface area (Å²) in [5, 5.41) is 0. The zero-order valence-electron chi connectivity index (χ0n) is 9.02. The van der Waals surface area contributed by atoms with Gasteiger partial charge in [0.2, 0.25) is 0 Å². The smallest absolute Gasteiger partial charge is 0.338 e. The fourth-order valence-corrected chi connectivity index (χ4v) is 1.34. The Morgan fingerprint density at radius 1 is 1.18 bits per heavy atom. The fraction of sp³-hybridized carbons (Fsp3) is 0.0714. The zero-order valence-corrected chi connectivity index (χ0v) is 9.02. The van der Waals surface area contributed by atoms with Gasteiger partial charge in [0, 0.05) is 6.07 Å². The average molecular weight is 229 g/mol. The third kappa shape index (κ3) is 3.14. The van der Waals surface area contributed by atoms with Crippen molar-refractivity contribution in [2.75, 3.05) is 0 Å². The van der Waals surface area contributed by atoms with Crippen molar-refractivity contribution in [3.8, 4) is 0 Å². The Morgan fingerprint density at radius 2 is 1.94 bits per heavy atom. The van der Waals surface area contributed by atoms with Crippen LogP contribution in [-0.2, 0) is 11.3 Å². The molecule has 0 aliphatic rings. The van der Waals surface area contributed by atoms with E-state index in [1.165, 1.54) is 18.2 Å². The van der Waals surface area contributed by atoms with Crippen molar-refractivity contribution in [3.05, 3.63) is 71.5 Å². The predicted molar refractivity (Wildman–Crippen MR) is 60.8 cm³/mol. The van der Waals surface area contributed by atoms with Gasteiger partial charge in [-0.2, -0.15) is 0 Å². The molecule has 0 fully saturated rings. The maximum atomic E-state index is 12.6. The molecule has 2 rings (SSSR count). The molecule has 0 N–H and O–H groups in total. The number of carbonyl (C=O) groups is 1. The highest BCUT2D eigenvalue weighted by molar-refractivity contribution is 5.89. The standard InChI is InChI=1S/C14H10FO2/c15-13-8-6-12(7-9-13)14(16)17-10-11-4-2-1-3-5-11/h1-8H,10H2. The summed E-state index contributed by atoms with van der Waals surface area (Å²) >= 11 is 0. The molecule has 0 atom stereocenters. The molecular formula is C14H10FO2. The summed E-state index contributed by atoms with van der Waals surface area (Å²) < 4.78 is 17.7. The van der Waals surface area contributed by atoms with Crippen molar-refractivity contribution < 1.29 is 13.9 Å². The lowest BCUT2D eigenvalue weighted by Crippen LogP contribution is -2.05. The van der Waals surface area contributed by atoms with E-state index in [-0.39, 0.29) is 6.61 Å². The molecular weight excluding hydrogens is 219 g/mol. The Morgan fingerprint density at radius 3 is 2.59 bits per heavy atom. The van der Waals surface area contributed by atoms with Crippen molar-refractivity contribution in [2.45, 2.75) is 6.61 Å². The Bertz CT molecular complexity index is 491. The SMILES string of the molecule is O=C(OCc1ccccc1)c1c[c]c(F)cc1. The van der Waals surface area contributed by atoms with Gasteiger partial charge < -0.3 is 4.74 Å².